The van der Waals surface area contributed by atoms with Crippen molar-refractivity contribution in [3.8, 4) is 5.75 Å². The zero-order valence-corrected chi connectivity index (χ0v) is 9.01. The number of carbonyl (C=O) groups excluding carboxylic acids is 1. The summed E-state index contributed by atoms with van der Waals surface area (Å²) in [4.78, 5) is 21.6. The van der Waals surface area contributed by atoms with Crippen LogP contribution < -0.4 is 0 Å². The van der Waals surface area contributed by atoms with Crippen molar-refractivity contribution in [2.75, 3.05) is 0 Å². The first-order valence-corrected chi connectivity index (χ1v) is 4.92. The minimum Gasteiger partial charge on any atom is -0.506 e. The zero-order valence-electron chi connectivity index (χ0n) is 9.01. The summed E-state index contributed by atoms with van der Waals surface area (Å²) in [6.45, 7) is 1.19. The summed E-state index contributed by atoms with van der Waals surface area (Å²) >= 11 is 0. The van der Waals surface area contributed by atoms with Gasteiger partial charge in [0.2, 0.25) is 0 Å². The van der Waals surface area contributed by atoms with Crippen molar-refractivity contribution >= 4 is 22.2 Å². The topological polar surface area (TPSA) is 80.4 Å². The Bertz CT molecular complexity index is 634. The summed E-state index contributed by atoms with van der Waals surface area (Å²) in [6.07, 6.45) is 0. The lowest BCUT2D eigenvalue weighted by atomic mass is 10.0. The van der Waals surface area contributed by atoms with Crippen LogP contribution in [-0.2, 0) is 0 Å². The van der Waals surface area contributed by atoms with E-state index in [1.54, 1.807) is 24.3 Å². The molecule has 17 heavy (non-hydrogen) atoms. The molecule has 86 valence electrons. The number of Topliss-reactive ketones (excluding diaryl/α,β-unsaturated/α-hetero) is 1. The predicted octanol–water partition coefficient (Wildman–Crippen LogP) is 2.66. The monoisotopic (exact) mass is 231 g/mol. The van der Waals surface area contributed by atoms with Crippen LogP contribution in [0.5, 0.6) is 5.75 Å². The van der Waals surface area contributed by atoms with Crippen LogP contribution in [0.3, 0.4) is 0 Å². The Kier molecular flexibility index (Phi) is 2.51. The summed E-state index contributed by atoms with van der Waals surface area (Å²) in [7, 11) is 0. The number of hydrogen-bond acceptors (Lipinski definition) is 4. The van der Waals surface area contributed by atoms with Gasteiger partial charge >= 0.3 is 0 Å². The number of nitro groups is 1. The third-order valence-corrected chi connectivity index (χ3v) is 2.55. The van der Waals surface area contributed by atoms with Crippen molar-refractivity contribution in [1.29, 1.82) is 0 Å². The number of nitro benzene ring substituents is 1. The molecule has 2 aromatic rings. The van der Waals surface area contributed by atoms with Gasteiger partial charge in [0, 0.05) is 11.5 Å². The van der Waals surface area contributed by atoms with Crippen LogP contribution in [0.1, 0.15) is 17.3 Å². The van der Waals surface area contributed by atoms with Gasteiger partial charge < -0.3 is 5.11 Å². The van der Waals surface area contributed by atoms with E-state index in [9.17, 15) is 20.0 Å². The van der Waals surface area contributed by atoms with Crippen LogP contribution >= 0.6 is 0 Å². The standard InChI is InChI=1S/C12H9NO4/c1-7(14)11-10(13(16)17)6-8-4-2-3-5-9(8)12(11)15/h2-6,15H,1H3. The first-order valence-electron chi connectivity index (χ1n) is 4.92. The Morgan fingerprint density at radius 3 is 2.59 bits per heavy atom. The summed E-state index contributed by atoms with van der Waals surface area (Å²) in [5.74, 6) is -0.859. The second kappa shape index (κ2) is 3.86. The van der Waals surface area contributed by atoms with Gasteiger partial charge in [-0.1, -0.05) is 24.3 Å². The van der Waals surface area contributed by atoms with E-state index >= 15 is 0 Å². The number of rotatable bonds is 2. The Labute approximate surface area is 96.5 Å². The van der Waals surface area contributed by atoms with E-state index in [2.05, 4.69) is 0 Å². The number of aromatic hydroxyl groups is 1. The Hall–Kier alpha value is -2.43. The van der Waals surface area contributed by atoms with E-state index in [1.807, 2.05) is 0 Å². The molecule has 0 saturated carbocycles. The van der Waals surface area contributed by atoms with Crippen molar-refractivity contribution in [3.63, 3.8) is 0 Å². The number of nitrogens with zero attached hydrogens (tertiary/aromatic N) is 1. The van der Waals surface area contributed by atoms with Gasteiger partial charge in [0.15, 0.2) is 5.78 Å². The number of phenolic OH excluding ortho intramolecular Hbond substituents is 1. The van der Waals surface area contributed by atoms with Gasteiger partial charge in [0.05, 0.1) is 4.92 Å². The first-order chi connectivity index (χ1) is 8.02. The molecule has 0 fully saturated rings. The van der Waals surface area contributed by atoms with E-state index in [0.29, 0.717) is 10.8 Å². The van der Waals surface area contributed by atoms with E-state index < -0.39 is 10.7 Å². The van der Waals surface area contributed by atoms with Crippen molar-refractivity contribution < 1.29 is 14.8 Å². The lowest BCUT2D eigenvalue weighted by Gasteiger charge is -2.06. The molecule has 0 atom stereocenters. The fraction of sp³-hybridized carbons (Fsp3) is 0.0833. The highest BCUT2D eigenvalue weighted by molar-refractivity contribution is 6.07. The smallest absolute Gasteiger partial charge is 0.284 e. The number of hydrogen-bond donors (Lipinski definition) is 1. The molecular formula is C12H9NO4. The third kappa shape index (κ3) is 1.71. The highest BCUT2D eigenvalue weighted by atomic mass is 16.6. The molecule has 0 aliphatic carbocycles. The van der Waals surface area contributed by atoms with Crippen molar-refractivity contribution in [3.05, 3.63) is 46.0 Å². The van der Waals surface area contributed by atoms with Crippen LogP contribution in [0, 0.1) is 10.1 Å². The van der Waals surface area contributed by atoms with Crippen molar-refractivity contribution in [2.45, 2.75) is 6.92 Å². The van der Waals surface area contributed by atoms with Gasteiger partial charge in [0.1, 0.15) is 11.3 Å². The molecule has 0 unspecified atom stereocenters. The fourth-order valence-corrected chi connectivity index (χ4v) is 1.81. The molecular weight excluding hydrogens is 222 g/mol. The molecule has 0 aliphatic rings. The molecule has 0 spiro atoms. The Balaban J connectivity index is 2.94. The Morgan fingerprint density at radius 1 is 1.35 bits per heavy atom. The largest absolute Gasteiger partial charge is 0.506 e. The highest BCUT2D eigenvalue weighted by Gasteiger charge is 2.23. The van der Waals surface area contributed by atoms with Gasteiger partial charge in [-0.3, -0.25) is 14.9 Å². The molecule has 2 rings (SSSR count). The summed E-state index contributed by atoms with van der Waals surface area (Å²) in [5.41, 5.74) is -0.609. The van der Waals surface area contributed by atoms with Gasteiger partial charge in [-0.2, -0.15) is 0 Å². The lowest BCUT2D eigenvalue weighted by molar-refractivity contribution is -0.385. The number of ketones is 1. The fourth-order valence-electron chi connectivity index (χ4n) is 1.81. The molecule has 2 aromatic carbocycles. The van der Waals surface area contributed by atoms with Crippen LogP contribution in [0.25, 0.3) is 10.8 Å². The second-order valence-corrected chi connectivity index (χ2v) is 3.65. The molecule has 0 radical (unpaired) electrons. The molecule has 0 saturated heterocycles. The minimum absolute atomic E-state index is 0.242. The zero-order chi connectivity index (χ0) is 12.6. The molecule has 0 bridgehead atoms. The van der Waals surface area contributed by atoms with Crippen LogP contribution in [0.4, 0.5) is 5.69 Å². The molecule has 5 heteroatoms. The summed E-state index contributed by atoms with van der Waals surface area (Å²) in [6, 6.07) is 7.95. The molecule has 1 N–H and O–H groups in total. The van der Waals surface area contributed by atoms with Crippen LogP contribution in [-0.4, -0.2) is 15.8 Å². The maximum atomic E-state index is 11.4. The third-order valence-electron chi connectivity index (χ3n) is 2.55. The van der Waals surface area contributed by atoms with Gasteiger partial charge in [0.25, 0.3) is 5.69 Å². The Morgan fingerprint density at radius 2 is 2.00 bits per heavy atom. The molecule has 0 aromatic heterocycles. The number of phenols is 1. The van der Waals surface area contributed by atoms with Crippen LogP contribution in [0.2, 0.25) is 0 Å². The lowest BCUT2D eigenvalue weighted by Crippen LogP contribution is -2.01. The SMILES string of the molecule is CC(=O)c1c([N+](=O)[O-])cc2ccccc2c1O. The van der Waals surface area contributed by atoms with E-state index in [-0.39, 0.29) is 17.0 Å². The van der Waals surface area contributed by atoms with Crippen molar-refractivity contribution in [1.82, 2.24) is 0 Å². The van der Waals surface area contributed by atoms with E-state index in [4.69, 9.17) is 0 Å². The van der Waals surface area contributed by atoms with Crippen LogP contribution in [0.15, 0.2) is 30.3 Å². The summed E-state index contributed by atoms with van der Waals surface area (Å²) in [5, 5.41) is 21.8. The van der Waals surface area contributed by atoms with Gasteiger partial charge in [-0.15, -0.1) is 0 Å². The van der Waals surface area contributed by atoms with E-state index in [0.717, 1.165) is 0 Å². The molecule has 0 aliphatic heterocycles. The maximum Gasteiger partial charge on any atom is 0.284 e. The quantitative estimate of drug-likeness (QED) is 0.489. The highest BCUT2D eigenvalue weighted by Crippen LogP contribution is 2.35. The molecule has 0 amide bonds. The second-order valence-electron chi connectivity index (χ2n) is 3.65. The maximum absolute atomic E-state index is 11.4. The number of benzene rings is 2. The number of carbonyl (C=O) groups is 1. The van der Waals surface area contributed by atoms with E-state index in [1.165, 1.54) is 13.0 Å². The first kappa shape index (κ1) is 11.1. The molecule has 0 heterocycles. The average Bonchev–Trinajstić information content (AvgIpc) is 2.28. The average molecular weight is 231 g/mol. The molecule has 5 nitrogen and oxygen atoms in total. The summed E-state index contributed by atoms with van der Waals surface area (Å²) < 4.78 is 0. The minimum atomic E-state index is -0.664. The van der Waals surface area contributed by atoms with Gasteiger partial charge in [-0.25, -0.2) is 0 Å². The number of fused-ring (bicyclic) bond motifs is 1. The predicted molar refractivity (Wildman–Crippen MR) is 62.3 cm³/mol. The van der Waals surface area contributed by atoms with Crippen molar-refractivity contribution in [2.24, 2.45) is 0 Å². The van der Waals surface area contributed by atoms with Gasteiger partial charge in [-0.05, 0) is 12.3 Å². The normalized spacial score (nSPS) is 10.4.